The Kier molecular flexibility index (Phi) is 4.25. The Bertz CT molecular complexity index is 992. The Morgan fingerprint density at radius 2 is 1.78 bits per heavy atom. The van der Waals surface area contributed by atoms with Crippen molar-refractivity contribution in [1.82, 2.24) is 9.97 Å². The van der Waals surface area contributed by atoms with Gasteiger partial charge in [0.25, 0.3) is 5.91 Å². The van der Waals surface area contributed by atoms with Crippen molar-refractivity contribution in [1.29, 1.82) is 0 Å². The number of fused-ring (bicyclic) bond motifs is 1. The Morgan fingerprint density at radius 1 is 1.00 bits per heavy atom. The van der Waals surface area contributed by atoms with Gasteiger partial charge in [0.1, 0.15) is 28.8 Å². The molecule has 0 spiro atoms. The fourth-order valence-corrected chi connectivity index (χ4v) is 2.42. The zero-order valence-electron chi connectivity index (χ0n) is 13.7. The first-order valence-electron chi connectivity index (χ1n) is 7.84. The van der Waals surface area contributed by atoms with E-state index < -0.39 is 17.5 Å². The fraction of sp³-hybridized carbons (Fsp3) is 0.0556. The molecule has 0 radical (unpaired) electrons. The number of carbonyl (C=O) groups is 1. The highest BCUT2D eigenvalue weighted by Gasteiger charge is 2.16. The molecule has 27 heavy (non-hydrogen) atoms. The summed E-state index contributed by atoms with van der Waals surface area (Å²) >= 11 is 0. The van der Waals surface area contributed by atoms with Gasteiger partial charge in [-0.05, 0) is 24.3 Å². The van der Waals surface area contributed by atoms with Crippen molar-refractivity contribution in [3.05, 3.63) is 66.1 Å². The average Bonchev–Trinajstić information content (AvgIpc) is 3.13. The van der Waals surface area contributed by atoms with Crippen LogP contribution in [0, 0.1) is 11.6 Å². The fourth-order valence-electron chi connectivity index (χ4n) is 2.42. The number of rotatable bonds is 4. The van der Waals surface area contributed by atoms with Gasteiger partial charge in [0.2, 0.25) is 6.79 Å². The SMILES string of the molecule is O=C(Nc1ccc2c(c1)OCO2)c1cnc(Nc2c(F)cccc2F)cn1. The standard InChI is InChI=1S/C18H12F2N4O3/c19-11-2-1-3-12(20)17(11)24-16-8-21-13(7-22-16)18(25)23-10-4-5-14-15(6-10)27-9-26-14/h1-8H,9H2,(H,22,24)(H,23,25). The molecule has 2 aromatic carbocycles. The molecule has 7 nitrogen and oxygen atoms in total. The molecule has 0 atom stereocenters. The van der Waals surface area contributed by atoms with Gasteiger partial charge in [0.05, 0.1) is 12.4 Å². The number of benzene rings is 2. The largest absolute Gasteiger partial charge is 0.454 e. The zero-order valence-corrected chi connectivity index (χ0v) is 13.7. The molecule has 2 heterocycles. The lowest BCUT2D eigenvalue weighted by Crippen LogP contribution is -2.14. The van der Waals surface area contributed by atoms with Crippen LogP contribution in [0.1, 0.15) is 10.5 Å². The highest BCUT2D eigenvalue weighted by atomic mass is 19.1. The third-order valence-electron chi connectivity index (χ3n) is 3.73. The van der Waals surface area contributed by atoms with E-state index in [-0.39, 0.29) is 24.0 Å². The number of amides is 1. The third-order valence-corrected chi connectivity index (χ3v) is 3.73. The first-order valence-corrected chi connectivity index (χ1v) is 7.84. The van der Waals surface area contributed by atoms with Crippen LogP contribution in [0.5, 0.6) is 11.5 Å². The van der Waals surface area contributed by atoms with Gasteiger partial charge >= 0.3 is 0 Å². The number of carbonyl (C=O) groups excluding carboxylic acids is 1. The first-order chi connectivity index (χ1) is 13.1. The van der Waals surface area contributed by atoms with E-state index >= 15 is 0 Å². The number of hydrogen-bond acceptors (Lipinski definition) is 6. The number of nitrogens with one attached hydrogen (secondary N) is 2. The number of ether oxygens (including phenoxy) is 2. The van der Waals surface area contributed by atoms with E-state index in [4.69, 9.17) is 9.47 Å². The molecule has 9 heteroatoms. The number of aromatic nitrogens is 2. The molecule has 1 aliphatic heterocycles. The Hall–Kier alpha value is -3.75. The smallest absolute Gasteiger partial charge is 0.275 e. The van der Waals surface area contributed by atoms with Crippen LogP contribution in [0.4, 0.5) is 26.0 Å². The van der Waals surface area contributed by atoms with E-state index in [1.165, 1.54) is 18.5 Å². The van der Waals surface area contributed by atoms with Crippen LogP contribution >= 0.6 is 0 Å². The summed E-state index contributed by atoms with van der Waals surface area (Å²) in [4.78, 5) is 20.2. The van der Waals surface area contributed by atoms with Crippen LogP contribution in [-0.4, -0.2) is 22.7 Å². The summed E-state index contributed by atoms with van der Waals surface area (Å²) in [7, 11) is 0. The van der Waals surface area contributed by atoms with Crippen molar-refractivity contribution in [3.63, 3.8) is 0 Å². The predicted molar refractivity (Wildman–Crippen MR) is 92.2 cm³/mol. The van der Waals surface area contributed by atoms with Gasteiger partial charge in [-0.1, -0.05) is 6.07 Å². The summed E-state index contributed by atoms with van der Waals surface area (Å²) < 4.78 is 37.7. The van der Waals surface area contributed by atoms with Gasteiger partial charge < -0.3 is 20.1 Å². The molecule has 0 aliphatic carbocycles. The van der Waals surface area contributed by atoms with Crippen molar-refractivity contribution >= 4 is 23.1 Å². The molecule has 2 N–H and O–H groups in total. The molecule has 0 saturated heterocycles. The summed E-state index contributed by atoms with van der Waals surface area (Å²) in [5.41, 5.74) is 0.193. The maximum atomic E-state index is 13.6. The van der Waals surface area contributed by atoms with E-state index in [0.29, 0.717) is 17.2 Å². The van der Waals surface area contributed by atoms with Gasteiger partial charge in [0, 0.05) is 11.8 Å². The number of anilines is 3. The molecular formula is C18H12F2N4O3. The summed E-state index contributed by atoms with van der Waals surface area (Å²) in [6.07, 6.45) is 2.41. The molecule has 136 valence electrons. The Morgan fingerprint density at radius 3 is 2.52 bits per heavy atom. The Balaban J connectivity index is 1.46. The van der Waals surface area contributed by atoms with Crippen molar-refractivity contribution < 1.29 is 23.0 Å². The first kappa shape index (κ1) is 16.7. The van der Waals surface area contributed by atoms with Crippen LogP contribution in [0.2, 0.25) is 0 Å². The van der Waals surface area contributed by atoms with E-state index in [9.17, 15) is 13.6 Å². The maximum Gasteiger partial charge on any atom is 0.275 e. The van der Waals surface area contributed by atoms with E-state index in [2.05, 4.69) is 20.6 Å². The lowest BCUT2D eigenvalue weighted by atomic mass is 10.2. The molecule has 0 unspecified atom stereocenters. The lowest BCUT2D eigenvalue weighted by Gasteiger charge is -2.08. The van der Waals surface area contributed by atoms with Crippen molar-refractivity contribution in [2.24, 2.45) is 0 Å². The lowest BCUT2D eigenvalue weighted by molar-refractivity contribution is 0.102. The zero-order chi connectivity index (χ0) is 18.8. The van der Waals surface area contributed by atoms with Crippen molar-refractivity contribution in [2.75, 3.05) is 17.4 Å². The molecule has 3 aromatic rings. The molecule has 0 saturated carbocycles. The van der Waals surface area contributed by atoms with Gasteiger partial charge in [-0.25, -0.2) is 18.7 Å². The number of hydrogen-bond donors (Lipinski definition) is 2. The van der Waals surface area contributed by atoms with Gasteiger partial charge in [0.15, 0.2) is 11.5 Å². The summed E-state index contributed by atoms with van der Waals surface area (Å²) in [5.74, 6) is -0.791. The summed E-state index contributed by atoms with van der Waals surface area (Å²) in [6, 6.07) is 8.46. The van der Waals surface area contributed by atoms with Crippen molar-refractivity contribution in [3.8, 4) is 11.5 Å². The quantitative estimate of drug-likeness (QED) is 0.731. The monoisotopic (exact) mass is 370 g/mol. The topological polar surface area (TPSA) is 85.4 Å². The van der Waals surface area contributed by atoms with Gasteiger partial charge in [-0.3, -0.25) is 4.79 Å². The third kappa shape index (κ3) is 3.47. The second-order valence-corrected chi connectivity index (χ2v) is 5.53. The average molecular weight is 370 g/mol. The maximum absolute atomic E-state index is 13.6. The number of para-hydroxylation sites is 1. The minimum absolute atomic E-state index is 0.0345. The summed E-state index contributed by atoms with van der Waals surface area (Å²) in [5, 5.41) is 5.16. The molecule has 1 aromatic heterocycles. The number of nitrogens with zero attached hydrogens (tertiary/aromatic N) is 2. The second-order valence-electron chi connectivity index (χ2n) is 5.53. The Labute approximate surface area is 152 Å². The molecule has 0 fully saturated rings. The highest BCUT2D eigenvalue weighted by molar-refractivity contribution is 6.02. The van der Waals surface area contributed by atoms with E-state index in [1.807, 2.05) is 0 Å². The molecule has 1 aliphatic rings. The van der Waals surface area contributed by atoms with Crippen LogP contribution in [0.3, 0.4) is 0 Å². The van der Waals surface area contributed by atoms with E-state index in [0.717, 1.165) is 12.1 Å². The minimum Gasteiger partial charge on any atom is -0.454 e. The van der Waals surface area contributed by atoms with Crippen LogP contribution in [0.15, 0.2) is 48.8 Å². The molecular weight excluding hydrogens is 358 g/mol. The van der Waals surface area contributed by atoms with Gasteiger partial charge in [-0.15, -0.1) is 0 Å². The molecule has 0 bridgehead atoms. The molecule has 1 amide bonds. The van der Waals surface area contributed by atoms with Crippen LogP contribution < -0.4 is 20.1 Å². The van der Waals surface area contributed by atoms with Crippen LogP contribution in [-0.2, 0) is 0 Å². The van der Waals surface area contributed by atoms with Crippen molar-refractivity contribution in [2.45, 2.75) is 0 Å². The van der Waals surface area contributed by atoms with Gasteiger partial charge in [-0.2, -0.15) is 0 Å². The predicted octanol–water partition coefficient (Wildman–Crippen LogP) is 3.48. The normalized spacial score (nSPS) is 11.9. The summed E-state index contributed by atoms with van der Waals surface area (Å²) in [6.45, 7) is 0.134. The van der Waals surface area contributed by atoms with Crippen LogP contribution in [0.25, 0.3) is 0 Å². The minimum atomic E-state index is -0.763. The van der Waals surface area contributed by atoms with E-state index in [1.54, 1.807) is 18.2 Å². The second kappa shape index (κ2) is 6.87. The highest BCUT2D eigenvalue weighted by Crippen LogP contribution is 2.34. The molecule has 4 rings (SSSR count). The number of halogens is 2.